The summed E-state index contributed by atoms with van der Waals surface area (Å²) in [7, 11) is 0. The Labute approximate surface area is 243 Å². The quantitative estimate of drug-likeness (QED) is 0.220. The highest BCUT2D eigenvalue weighted by atomic mass is 127. The molecule has 0 saturated carbocycles. The minimum absolute atomic E-state index is 0.171. The molecule has 2 N–H and O–H groups in total. The van der Waals surface area contributed by atoms with Gasteiger partial charge in [0.1, 0.15) is 5.75 Å². The minimum atomic E-state index is -1.06. The van der Waals surface area contributed by atoms with E-state index in [0.717, 1.165) is 18.3 Å². The lowest BCUT2D eigenvalue weighted by Gasteiger charge is -2.16. The molecule has 1 aliphatic rings. The molecular formula is C26H18I2N2O6S. The van der Waals surface area contributed by atoms with Crippen LogP contribution >= 0.6 is 56.9 Å². The Kier molecular flexibility index (Phi) is 8.87. The smallest absolute Gasteiger partial charge is 0.341 e. The van der Waals surface area contributed by atoms with Crippen molar-refractivity contribution in [1.82, 2.24) is 4.90 Å². The average molecular weight is 740 g/mol. The molecule has 0 aromatic heterocycles. The van der Waals surface area contributed by atoms with Crippen LogP contribution in [0.5, 0.6) is 5.75 Å². The number of amides is 1. The molecule has 0 bridgehead atoms. The van der Waals surface area contributed by atoms with Gasteiger partial charge in [0.15, 0.2) is 11.8 Å². The Balaban J connectivity index is 1.66. The van der Waals surface area contributed by atoms with E-state index in [1.807, 2.05) is 42.5 Å². The van der Waals surface area contributed by atoms with E-state index in [2.05, 4.69) is 50.2 Å². The molecule has 8 nitrogen and oxygen atoms in total. The van der Waals surface area contributed by atoms with E-state index < -0.39 is 18.5 Å². The van der Waals surface area contributed by atoms with Crippen molar-refractivity contribution < 1.29 is 29.3 Å². The summed E-state index contributed by atoms with van der Waals surface area (Å²) in [4.78, 5) is 42.3. The van der Waals surface area contributed by atoms with Crippen molar-refractivity contribution >= 4 is 91.7 Å². The van der Waals surface area contributed by atoms with Crippen molar-refractivity contribution in [1.29, 1.82) is 0 Å². The summed E-state index contributed by atoms with van der Waals surface area (Å²) in [5.74, 6) is -1.82. The highest BCUT2D eigenvalue weighted by molar-refractivity contribution is 14.1. The Morgan fingerprint density at radius 2 is 1.65 bits per heavy atom. The number of carboxylic acids is 2. The van der Waals surface area contributed by atoms with E-state index in [-0.39, 0.29) is 18.0 Å². The lowest BCUT2D eigenvalue weighted by atomic mass is 10.1. The molecule has 0 radical (unpaired) electrons. The highest BCUT2D eigenvalue weighted by Crippen LogP contribution is 2.37. The van der Waals surface area contributed by atoms with Crippen LogP contribution in [-0.4, -0.2) is 44.7 Å². The van der Waals surface area contributed by atoms with E-state index in [0.29, 0.717) is 21.5 Å². The molecule has 1 saturated heterocycles. The second kappa shape index (κ2) is 12.1. The Hall–Kier alpha value is -2.91. The third-order valence-corrected chi connectivity index (χ3v) is 7.68. The first-order valence-electron chi connectivity index (χ1n) is 10.7. The number of aliphatic carboxylic acids is 1. The van der Waals surface area contributed by atoms with Crippen LogP contribution in [0.4, 0.5) is 5.69 Å². The molecule has 0 unspecified atom stereocenters. The van der Waals surface area contributed by atoms with Crippen molar-refractivity contribution in [2.75, 3.05) is 6.61 Å². The number of rotatable bonds is 8. The number of ether oxygens (including phenoxy) is 1. The van der Waals surface area contributed by atoms with E-state index in [1.165, 1.54) is 23.9 Å². The van der Waals surface area contributed by atoms with Crippen LogP contribution in [0.15, 0.2) is 76.6 Å². The zero-order valence-corrected chi connectivity index (χ0v) is 24.1. The van der Waals surface area contributed by atoms with E-state index in [4.69, 9.17) is 14.9 Å². The van der Waals surface area contributed by atoms with Gasteiger partial charge in [-0.2, -0.15) is 0 Å². The maximum absolute atomic E-state index is 13.5. The fourth-order valence-electron chi connectivity index (χ4n) is 3.37. The minimum Gasteiger partial charge on any atom is -0.480 e. The Morgan fingerprint density at radius 1 is 1.00 bits per heavy atom. The van der Waals surface area contributed by atoms with Gasteiger partial charge in [0, 0.05) is 0 Å². The molecule has 1 aliphatic heterocycles. The van der Waals surface area contributed by atoms with Gasteiger partial charge in [-0.25, -0.2) is 14.6 Å². The number of carbonyl (C=O) groups excluding carboxylic acids is 1. The molecule has 0 aliphatic carbocycles. The predicted octanol–water partition coefficient (Wildman–Crippen LogP) is 5.86. The molecule has 0 spiro atoms. The number of hydrogen-bond acceptors (Lipinski definition) is 6. The number of halogens is 2. The van der Waals surface area contributed by atoms with Crippen LogP contribution in [-0.2, 0) is 16.1 Å². The number of para-hydroxylation sites is 1. The summed E-state index contributed by atoms with van der Waals surface area (Å²) in [6.45, 7) is -0.214. The predicted molar refractivity (Wildman–Crippen MR) is 158 cm³/mol. The largest absolute Gasteiger partial charge is 0.480 e. The van der Waals surface area contributed by atoms with Crippen LogP contribution < -0.4 is 4.74 Å². The van der Waals surface area contributed by atoms with Crippen molar-refractivity contribution in [3.05, 3.63) is 95.5 Å². The van der Waals surface area contributed by atoms with Crippen molar-refractivity contribution in [3.63, 3.8) is 0 Å². The van der Waals surface area contributed by atoms with Gasteiger partial charge in [-0.15, -0.1) is 0 Å². The van der Waals surface area contributed by atoms with Gasteiger partial charge in [0.05, 0.1) is 29.8 Å². The number of aliphatic imine (C=N–C) groups is 1. The fraction of sp³-hybridized carbons (Fsp3) is 0.0769. The number of aromatic carboxylic acids is 1. The number of carboxylic acid groups (broad SMARTS) is 2. The van der Waals surface area contributed by atoms with Crippen LogP contribution in [0.25, 0.3) is 6.08 Å². The van der Waals surface area contributed by atoms with Crippen LogP contribution in [0, 0.1) is 7.14 Å². The summed E-state index contributed by atoms with van der Waals surface area (Å²) >= 11 is 5.41. The van der Waals surface area contributed by atoms with E-state index >= 15 is 0 Å². The summed E-state index contributed by atoms with van der Waals surface area (Å²) in [6.07, 6.45) is 1.77. The van der Waals surface area contributed by atoms with Crippen LogP contribution in [0.1, 0.15) is 21.5 Å². The molecule has 1 amide bonds. The van der Waals surface area contributed by atoms with Crippen molar-refractivity contribution in [2.45, 2.75) is 6.54 Å². The second-order valence-electron chi connectivity index (χ2n) is 7.73. The molecular weight excluding hydrogens is 722 g/mol. The highest BCUT2D eigenvalue weighted by Gasteiger charge is 2.33. The average Bonchev–Trinajstić information content (AvgIpc) is 3.13. The third-order valence-electron chi connectivity index (χ3n) is 5.07. The van der Waals surface area contributed by atoms with Crippen molar-refractivity contribution in [2.24, 2.45) is 4.99 Å². The first-order valence-corrected chi connectivity index (χ1v) is 13.7. The Bertz CT molecular complexity index is 1400. The first kappa shape index (κ1) is 27.1. The van der Waals surface area contributed by atoms with Gasteiger partial charge in [-0.05, 0) is 111 Å². The molecule has 4 rings (SSSR count). The summed E-state index contributed by atoms with van der Waals surface area (Å²) in [5, 5.41) is 18.6. The summed E-state index contributed by atoms with van der Waals surface area (Å²) < 4.78 is 6.84. The number of nitrogens with zero attached hydrogens (tertiary/aromatic N) is 2. The third kappa shape index (κ3) is 6.90. The number of carbonyl (C=O) groups is 3. The topological polar surface area (TPSA) is 116 Å². The molecule has 0 atom stereocenters. The molecule has 3 aromatic rings. The first-order chi connectivity index (χ1) is 17.7. The van der Waals surface area contributed by atoms with Gasteiger partial charge >= 0.3 is 11.9 Å². The molecule has 188 valence electrons. The van der Waals surface area contributed by atoms with E-state index in [9.17, 15) is 14.4 Å². The van der Waals surface area contributed by atoms with Gasteiger partial charge in [0.25, 0.3) is 5.91 Å². The monoisotopic (exact) mass is 740 g/mol. The standard InChI is InChI=1S/C26H18I2N2O6S/c27-19-10-16(11-20(28)23(19)36-14-22(31)32)12-21-24(33)30(13-15-6-8-17(9-7-15)25(34)35)26(37-21)29-18-4-2-1-3-5-18/h1-12H,13-14H2,(H,31,32)(H,34,35)/b21-12-,29-26?. The molecule has 1 fully saturated rings. The number of benzene rings is 3. The summed E-state index contributed by atoms with van der Waals surface area (Å²) in [6, 6.07) is 19.3. The maximum atomic E-state index is 13.5. The summed E-state index contributed by atoms with van der Waals surface area (Å²) in [5.41, 5.74) is 2.41. The molecule has 1 heterocycles. The lowest BCUT2D eigenvalue weighted by Crippen LogP contribution is -2.28. The lowest BCUT2D eigenvalue weighted by molar-refractivity contribution is -0.139. The van der Waals surface area contributed by atoms with Gasteiger partial charge in [-0.1, -0.05) is 30.3 Å². The molecule has 3 aromatic carbocycles. The van der Waals surface area contributed by atoms with Crippen LogP contribution in [0.2, 0.25) is 0 Å². The molecule has 37 heavy (non-hydrogen) atoms. The maximum Gasteiger partial charge on any atom is 0.341 e. The number of thioether (sulfide) groups is 1. The molecule has 11 heteroatoms. The number of hydrogen-bond donors (Lipinski definition) is 2. The zero-order chi connectivity index (χ0) is 26.5. The van der Waals surface area contributed by atoms with Crippen molar-refractivity contribution in [3.8, 4) is 5.75 Å². The van der Waals surface area contributed by atoms with E-state index in [1.54, 1.807) is 23.1 Å². The van der Waals surface area contributed by atoms with Gasteiger partial charge in [0.2, 0.25) is 0 Å². The number of amidine groups is 1. The SMILES string of the molecule is O=C(O)COc1c(I)cc(/C=C2\SC(=Nc3ccccc3)N(Cc3ccc(C(=O)O)cc3)C2=O)cc1I. The van der Waals surface area contributed by atoms with Gasteiger partial charge in [-0.3, -0.25) is 9.69 Å². The zero-order valence-electron chi connectivity index (χ0n) is 18.9. The van der Waals surface area contributed by atoms with Crippen LogP contribution in [0.3, 0.4) is 0 Å². The fourth-order valence-corrected chi connectivity index (χ4v) is 6.49. The normalized spacial score (nSPS) is 15.4. The second-order valence-corrected chi connectivity index (χ2v) is 11.1. The Morgan fingerprint density at radius 3 is 2.24 bits per heavy atom. The van der Waals surface area contributed by atoms with Gasteiger partial charge < -0.3 is 14.9 Å².